The van der Waals surface area contributed by atoms with Crippen LogP contribution in [0.2, 0.25) is 0 Å². The van der Waals surface area contributed by atoms with Crippen molar-refractivity contribution in [2.45, 2.75) is 25.8 Å². The maximum Gasteiger partial charge on any atom is 0.0245 e. The van der Waals surface area contributed by atoms with Crippen molar-refractivity contribution in [3.8, 4) is 11.8 Å². The van der Waals surface area contributed by atoms with Gasteiger partial charge in [-0.15, -0.1) is 0 Å². The van der Waals surface area contributed by atoms with Crippen molar-refractivity contribution < 1.29 is 0 Å². The predicted octanol–water partition coefficient (Wildman–Crippen LogP) is 3.52. The minimum absolute atomic E-state index is 0.588. The second-order valence-electron chi connectivity index (χ2n) is 4.54. The van der Waals surface area contributed by atoms with Crippen LogP contribution in [-0.2, 0) is 13.0 Å². The molecule has 2 aromatic carbocycles. The van der Waals surface area contributed by atoms with Crippen LogP contribution in [0.3, 0.4) is 0 Å². The summed E-state index contributed by atoms with van der Waals surface area (Å²) >= 11 is 0. The van der Waals surface area contributed by atoms with E-state index in [1.165, 1.54) is 5.56 Å². The molecule has 0 unspecified atom stereocenters. The first-order chi connectivity index (χ1) is 9.38. The van der Waals surface area contributed by atoms with Crippen molar-refractivity contribution in [3.05, 3.63) is 71.3 Å². The molecular weight excluding hydrogens is 230 g/mol. The Balaban J connectivity index is 1.78. The Labute approximate surface area is 115 Å². The molecule has 0 aromatic heterocycles. The van der Waals surface area contributed by atoms with Gasteiger partial charge in [-0.1, -0.05) is 54.3 Å². The molecule has 0 atom stereocenters. The molecule has 2 aromatic rings. The van der Waals surface area contributed by atoms with Crippen LogP contribution in [0.4, 0.5) is 0 Å². The fraction of sp³-hybridized carbons (Fsp3) is 0.222. The normalized spacial score (nSPS) is 9.74. The number of hydrogen-bond acceptors (Lipinski definition) is 1. The zero-order valence-corrected chi connectivity index (χ0v) is 11.1. The van der Waals surface area contributed by atoms with Crippen LogP contribution in [0.5, 0.6) is 0 Å². The van der Waals surface area contributed by atoms with Gasteiger partial charge in [-0.25, -0.2) is 0 Å². The van der Waals surface area contributed by atoms with Crippen LogP contribution in [0.25, 0.3) is 0 Å². The van der Waals surface area contributed by atoms with Gasteiger partial charge < -0.3 is 5.73 Å². The Bertz CT molecular complexity index is 544. The minimum Gasteiger partial charge on any atom is -0.326 e. The monoisotopic (exact) mass is 249 g/mol. The van der Waals surface area contributed by atoms with Gasteiger partial charge in [-0.05, 0) is 36.1 Å². The third kappa shape index (κ3) is 4.62. The number of unbranched alkanes of at least 4 members (excludes halogenated alkanes) is 1. The third-order valence-electron chi connectivity index (χ3n) is 3.03. The summed E-state index contributed by atoms with van der Waals surface area (Å²) in [6.45, 7) is 0.588. The Morgan fingerprint density at radius 3 is 2.26 bits per heavy atom. The summed E-state index contributed by atoms with van der Waals surface area (Å²) in [6.07, 6.45) is 3.15. The van der Waals surface area contributed by atoms with E-state index in [0.717, 1.165) is 30.4 Å². The average Bonchev–Trinajstić information content (AvgIpc) is 2.49. The molecule has 96 valence electrons. The number of nitrogens with two attached hydrogens (primary N) is 1. The fourth-order valence-electron chi connectivity index (χ4n) is 1.91. The molecule has 0 spiro atoms. The number of benzene rings is 2. The summed E-state index contributed by atoms with van der Waals surface area (Å²) in [5, 5.41) is 0. The number of rotatable bonds is 4. The van der Waals surface area contributed by atoms with Crippen LogP contribution in [-0.4, -0.2) is 0 Å². The van der Waals surface area contributed by atoms with Crippen molar-refractivity contribution in [1.29, 1.82) is 0 Å². The fourth-order valence-corrected chi connectivity index (χ4v) is 1.91. The molecule has 0 amide bonds. The van der Waals surface area contributed by atoms with E-state index in [2.05, 4.69) is 36.1 Å². The zero-order chi connectivity index (χ0) is 13.3. The summed E-state index contributed by atoms with van der Waals surface area (Å²) < 4.78 is 0. The standard InChI is InChI=1S/C18H19N/c19-15-18-13-11-17(12-14-18)10-6-2-5-9-16-7-3-1-4-8-16/h1,3-4,7-8,11-14H,2,5,9,15,19H2. The van der Waals surface area contributed by atoms with Crippen molar-refractivity contribution in [3.63, 3.8) is 0 Å². The van der Waals surface area contributed by atoms with E-state index in [9.17, 15) is 0 Å². The lowest BCUT2D eigenvalue weighted by Gasteiger charge is -1.97. The highest BCUT2D eigenvalue weighted by molar-refractivity contribution is 5.36. The molecule has 2 N–H and O–H groups in total. The maximum absolute atomic E-state index is 5.56. The largest absolute Gasteiger partial charge is 0.326 e. The Morgan fingerprint density at radius 1 is 0.842 bits per heavy atom. The predicted molar refractivity (Wildman–Crippen MR) is 80.6 cm³/mol. The van der Waals surface area contributed by atoms with Crippen molar-refractivity contribution in [2.75, 3.05) is 0 Å². The van der Waals surface area contributed by atoms with Crippen molar-refractivity contribution in [2.24, 2.45) is 5.73 Å². The van der Waals surface area contributed by atoms with Crippen LogP contribution < -0.4 is 5.73 Å². The Kier molecular flexibility index (Phi) is 5.22. The molecular formula is C18H19N. The second kappa shape index (κ2) is 7.41. The van der Waals surface area contributed by atoms with Gasteiger partial charge in [0.25, 0.3) is 0 Å². The second-order valence-corrected chi connectivity index (χ2v) is 4.54. The molecule has 0 saturated heterocycles. The van der Waals surface area contributed by atoms with Gasteiger partial charge in [-0.3, -0.25) is 0 Å². The van der Waals surface area contributed by atoms with E-state index in [0.29, 0.717) is 6.54 Å². The lowest BCUT2D eigenvalue weighted by atomic mass is 10.1. The molecule has 0 aliphatic heterocycles. The molecule has 2 rings (SSSR count). The molecule has 1 heteroatoms. The molecule has 0 heterocycles. The highest BCUT2D eigenvalue weighted by Gasteiger charge is 1.91. The maximum atomic E-state index is 5.56. The quantitative estimate of drug-likeness (QED) is 0.651. The van der Waals surface area contributed by atoms with Crippen LogP contribution in [0.1, 0.15) is 29.5 Å². The van der Waals surface area contributed by atoms with Gasteiger partial charge in [0.05, 0.1) is 0 Å². The topological polar surface area (TPSA) is 26.0 Å². The zero-order valence-electron chi connectivity index (χ0n) is 11.1. The molecule has 0 bridgehead atoms. The molecule has 0 fully saturated rings. The number of aryl methyl sites for hydroxylation is 1. The first kappa shape index (κ1) is 13.4. The SMILES string of the molecule is NCc1ccc(C#CCCCc2ccccc2)cc1. The van der Waals surface area contributed by atoms with E-state index in [4.69, 9.17) is 5.73 Å². The summed E-state index contributed by atoms with van der Waals surface area (Å²) in [6, 6.07) is 18.7. The molecule has 0 radical (unpaired) electrons. The van der Waals surface area contributed by atoms with Gasteiger partial charge >= 0.3 is 0 Å². The molecule has 0 aliphatic rings. The summed E-state index contributed by atoms with van der Waals surface area (Å²) in [4.78, 5) is 0. The first-order valence-electron chi connectivity index (χ1n) is 6.70. The van der Waals surface area contributed by atoms with E-state index < -0.39 is 0 Å². The highest BCUT2D eigenvalue weighted by atomic mass is 14.5. The van der Waals surface area contributed by atoms with Crippen LogP contribution >= 0.6 is 0 Å². The van der Waals surface area contributed by atoms with E-state index in [1.54, 1.807) is 0 Å². The lowest BCUT2D eigenvalue weighted by molar-refractivity contribution is 0.858. The molecule has 19 heavy (non-hydrogen) atoms. The van der Waals surface area contributed by atoms with Crippen molar-refractivity contribution >= 4 is 0 Å². The Morgan fingerprint density at radius 2 is 1.58 bits per heavy atom. The minimum atomic E-state index is 0.588. The van der Waals surface area contributed by atoms with Crippen LogP contribution in [0, 0.1) is 11.8 Å². The molecule has 1 nitrogen and oxygen atoms in total. The lowest BCUT2D eigenvalue weighted by Crippen LogP contribution is -1.95. The summed E-state index contributed by atoms with van der Waals surface area (Å²) in [5.41, 5.74) is 9.16. The molecule has 0 saturated carbocycles. The first-order valence-corrected chi connectivity index (χ1v) is 6.70. The van der Waals surface area contributed by atoms with E-state index in [1.807, 2.05) is 30.3 Å². The van der Waals surface area contributed by atoms with Gasteiger partial charge in [0.15, 0.2) is 0 Å². The molecule has 0 aliphatic carbocycles. The van der Waals surface area contributed by atoms with E-state index in [-0.39, 0.29) is 0 Å². The van der Waals surface area contributed by atoms with Gasteiger partial charge in [-0.2, -0.15) is 0 Å². The number of hydrogen-bond donors (Lipinski definition) is 1. The van der Waals surface area contributed by atoms with E-state index >= 15 is 0 Å². The average molecular weight is 249 g/mol. The Hall–Kier alpha value is -2.04. The highest BCUT2D eigenvalue weighted by Crippen LogP contribution is 2.05. The smallest absolute Gasteiger partial charge is 0.0245 e. The van der Waals surface area contributed by atoms with Gasteiger partial charge in [0.2, 0.25) is 0 Å². The van der Waals surface area contributed by atoms with Crippen molar-refractivity contribution in [1.82, 2.24) is 0 Å². The summed E-state index contributed by atoms with van der Waals surface area (Å²) in [5.74, 6) is 6.42. The van der Waals surface area contributed by atoms with Crippen LogP contribution in [0.15, 0.2) is 54.6 Å². The van der Waals surface area contributed by atoms with Gasteiger partial charge in [0, 0.05) is 18.5 Å². The summed E-state index contributed by atoms with van der Waals surface area (Å²) in [7, 11) is 0. The van der Waals surface area contributed by atoms with Gasteiger partial charge in [0.1, 0.15) is 0 Å². The third-order valence-corrected chi connectivity index (χ3v) is 3.03.